The van der Waals surface area contributed by atoms with E-state index in [2.05, 4.69) is 10.2 Å². The molecule has 2 saturated heterocycles. The van der Waals surface area contributed by atoms with Crippen LogP contribution in [-0.4, -0.2) is 64.2 Å². The molecule has 3 N–H and O–H groups in total. The van der Waals surface area contributed by atoms with Gasteiger partial charge in [-0.15, -0.1) is 0 Å². The number of carbonyl (C=O) groups is 2. The van der Waals surface area contributed by atoms with Gasteiger partial charge in [0.1, 0.15) is 11.6 Å². The first-order chi connectivity index (χ1) is 17.2. The number of imide groups is 1. The van der Waals surface area contributed by atoms with Gasteiger partial charge in [0.05, 0.1) is 18.2 Å². The van der Waals surface area contributed by atoms with E-state index in [1.54, 1.807) is 12.1 Å². The molecule has 196 valence electrons. The first kappa shape index (κ1) is 25.1. The summed E-state index contributed by atoms with van der Waals surface area (Å²) in [5.74, 6) is -0.551. The lowest BCUT2D eigenvalue weighted by Crippen LogP contribution is -2.48. The first-order valence-corrected chi connectivity index (χ1v) is 13.1. The number of nitrogens with one attached hydrogen (secondary N) is 1. The molecule has 1 unspecified atom stereocenters. The third-order valence-electron chi connectivity index (χ3n) is 8.04. The van der Waals surface area contributed by atoms with Crippen LogP contribution in [0.5, 0.6) is 0 Å². The molecule has 0 radical (unpaired) electrons. The van der Waals surface area contributed by atoms with Gasteiger partial charge in [-0.05, 0) is 56.6 Å². The van der Waals surface area contributed by atoms with Gasteiger partial charge in [-0.25, -0.2) is 9.18 Å². The van der Waals surface area contributed by atoms with Crippen molar-refractivity contribution in [3.63, 3.8) is 0 Å². The van der Waals surface area contributed by atoms with Gasteiger partial charge in [0.15, 0.2) is 5.82 Å². The van der Waals surface area contributed by atoms with Crippen molar-refractivity contribution in [3.8, 4) is 0 Å². The summed E-state index contributed by atoms with van der Waals surface area (Å²) in [6.45, 7) is 5.18. The zero-order chi connectivity index (χ0) is 25.6. The second-order valence-corrected chi connectivity index (χ2v) is 10.9. The van der Waals surface area contributed by atoms with E-state index in [1.807, 2.05) is 6.92 Å². The molecule has 36 heavy (non-hydrogen) atoms. The van der Waals surface area contributed by atoms with Gasteiger partial charge in [-0.1, -0.05) is 6.07 Å². The van der Waals surface area contributed by atoms with Gasteiger partial charge in [-0.2, -0.15) is 0 Å². The molecule has 2 amide bonds. The molecule has 1 saturated carbocycles. The lowest BCUT2D eigenvalue weighted by atomic mass is 9.84. The van der Waals surface area contributed by atoms with Crippen LogP contribution in [0.4, 0.5) is 4.39 Å². The van der Waals surface area contributed by atoms with E-state index < -0.39 is 23.5 Å². The molecular weight excluding hydrogens is 465 g/mol. The second kappa shape index (κ2) is 10.1. The number of imidazole rings is 1. The van der Waals surface area contributed by atoms with Crippen molar-refractivity contribution in [1.82, 2.24) is 19.4 Å². The minimum atomic E-state index is -0.817. The molecule has 0 bridgehead atoms. The Morgan fingerprint density at radius 2 is 1.86 bits per heavy atom. The summed E-state index contributed by atoms with van der Waals surface area (Å²) in [7, 11) is 1.53. The molecule has 10 heteroatoms. The van der Waals surface area contributed by atoms with E-state index in [9.17, 15) is 14.4 Å². The summed E-state index contributed by atoms with van der Waals surface area (Å²) in [6.07, 6.45) is 5.11. The number of amides is 2. The van der Waals surface area contributed by atoms with Crippen molar-refractivity contribution >= 4 is 22.8 Å². The molecule has 9 nitrogen and oxygen atoms in total. The Hall–Kier alpha value is -2.56. The van der Waals surface area contributed by atoms with Crippen molar-refractivity contribution in [2.45, 2.75) is 69.6 Å². The molecule has 2 aliphatic heterocycles. The Kier molecular flexibility index (Phi) is 7.02. The summed E-state index contributed by atoms with van der Waals surface area (Å²) >= 11 is 0. The average Bonchev–Trinajstić information content (AvgIpc) is 3.07. The number of piperidine rings is 1. The summed E-state index contributed by atoms with van der Waals surface area (Å²) in [4.78, 5) is 39.3. The Balaban J connectivity index is 1.23. The molecule has 2 atom stereocenters. The van der Waals surface area contributed by atoms with Gasteiger partial charge in [0, 0.05) is 45.1 Å². The number of halogens is 1. The zero-order valence-electron chi connectivity index (χ0n) is 21.0. The first-order valence-electron chi connectivity index (χ1n) is 13.1. The van der Waals surface area contributed by atoms with E-state index in [-0.39, 0.29) is 36.2 Å². The number of rotatable bonds is 7. The molecule has 0 spiro atoms. The summed E-state index contributed by atoms with van der Waals surface area (Å²) in [5, 5.41) is 2.28. The van der Waals surface area contributed by atoms with Crippen molar-refractivity contribution in [3.05, 3.63) is 34.0 Å². The number of aryl methyl sites for hydroxylation is 1. The number of hydrogen-bond donors (Lipinski definition) is 2. The number of aromatic nitrogens is 2. The Labute approximate surface area is 209 Å². The van der Waals surface area contributed by atoms with E-state index in [0.29, 0.717) is 29.7 Å². The maximum Gasteiger partial charge on any atom is 0.329 e. The number of fused-ring (bicyclic) bond motifs is 1. The van der Waals surface area contributed by atoms with Crippen molar-refractivity contribution in [2.75, 3.05) is 26.2 Å². The van der Waals surface area contributed by atoms with Crippen LogP contribution >= 0.6 is 0 Å². The zero-order valence-corrected chi connectivity index (χ0v) is 21.0. The Morgan fingerprint density at radius 1 is 1.14 bits per heavy atom. The molecule has 3 heterocycles. The summed E-state index contributed by atoms with van der Waals surface area (Å²) < 4.78 is 24.2. The van der Waals surface area contributed by atoms with Crippen molar-refractivity contribution in [1.29, 1.82) is 0 Å². The fourth-order valence-corrected chi connectivity index (χ4v) is 6.04. The van der Waals surface area contributed by atoms with Crippen LogP contribution in [0.2, 0.25) is 0 Å². The normalized spacial score (nSPS) is 26.7. The largest absolute Gasteiger partial charge is 0.377 e. The van der Waals surface area contributed by atoms with Gasteiger partial charge in [0.25, 0.3) is 0 Å². The topological polar surface area (TPSA) is 112 Å². The lowest BCUT2D eigenvalue weighted by Gasteiger charge is -2.42. The maximum absolute atomic E-state index is 15.7. The predicted octanol–water partition coefficient (Wildman–Crippen LogP) is 1.78. The van der Waals surface area contributed by atoms with Crippen LogP contribution in [0.15, 0.2) is 16.9 Å². The number of hydrogen-bond acceptors (Lipinski definition) is 6. The number of nitrogens with two attached hydrogens (primary N) is 1. The van der Waals surface area contributed by atoms with Crippen LogP contribution in [0.3, 0.4) is 0 Å². The standard InChI is InChI=1S/C26H36FN5O4/c1-15(28)14-36-18-5-3-16(4-6-18)11-31-12-17(13-31)19-7-8-20-24(23(19)27)30(2)26(35)32(20)21-9-10-22(33)29-25(21)34/h7-8,15-18,21H,3-6,9-14,28H2,1-2H3,(H,29,33,34)/t15-,16?,18?,21?/m1/s1. The molecule has 3 fully saturated rings. The number of nitrogens with zero attached hydrogens (tertiary/aromatic N) is 3. The quantitative estimate of drug-likeness (QED) is 0.560. The molecule has 2 aromatic rings. The smallest absolute Gasteiger partial charge is 0.329 e. The highest BCUT2D eigenvalue weighted by molar-refractivity contribution is 6.00. The lowest BCUT2D eigenvalue weighted by molar-refractivity contribution is -0.135. The van der Waals surface area contributed by atoms with Crippen molar-refractivity contribution < 1.29 is 18.7 Å². The molecule has 3 aliphatic rings. The van der Waals surface area contributed by atoms with Crippen LogP contribution < -0.4 is 16.7 Å². The summed E-state index contributed by atoms with van der Waals surface area (Å²) in [5.41, 5.74) is 6.55. The average molecular weight is 502 g/mol. The van der Waals surface area contributed by atoms with E-state index in [4.69, 9.17) is 10.5 Å². The van der Waals surface area contributed by atoms with Crippen molar-refractivity contribution in [2.24, 2.45) is 18.7 Å². The number of carbonyl (C=O) groups excluding carboxylic acids is 2. The monoisotopic (exact) mass is 501 g/mol. The van der Waals surface area contributed by atoms with Crippen LogP contribution in [0.25, 0.3) is 11.0 Å². The highest BCUT2D eigenvalue weighted by Gasteiger charge is 2.35. The molecular formula is C26H36FN5O4. The maximum atomic E-state index is 15.7. The molecule has 1 aromatic carbocycles. The fraction of sp³-hybridized carbons (Fsp3) is 0.654. The number of ether oxygens (including phenoxy) is 1. The highest BCUT2D eigenvalue weighted by Crippen LogP contribution is 2.35. The van der Waals surface area contributed by atoms with Gasteiger partial charge in [-0.3, -0.25) is 24.0 Å². The molecule has 5 rings (SSSR count). The van der Waals surface area contributed by atoms with E-state index >= 15 is 4.39 Å². The molecule has 1 aliphatic carbocycles. The number of likely N-dealkylation sites (tertiary alicyclic amines) is 1. The van der Waals surface area contributed by atoms with E-state index in [1.165, 1.54) is 16.2 Å². The third kappa shape index (κ3) is 4.73. The minimum Gasteiger partial charge on any atom is -0.377 e. The Morgan fingerprint density at radius 3 is 2.53 bits per heavy atom. The van der Waals surface area contributed by atoms with E-state index in [0.717, 1.165) is 45.3 Å². The molecule has 1 aromatic heterocycles. The van der Waals surface area contributed by atoms with Crippen LogP contribution in [0.1, 0.15) is 63.0 Å². The number of benzene rings is 1. The Bertz CT molecular complexity index is 1210. The SMILES string of the molecule is C[C@@H](N)COC1CCC(CN2CC(c3ccc4c(c3F)n(C)c(=O)n4C3CCC(=O)NC3=O)C2)CC1. The van der Waals surface area contributed by atoms with Gasteiger partial charge >= 0.3 is 5.69 Å². The highest BCUT2D eigenvalue weighted by atomic mass is 19.1. The summed E-state index contributed by atoms with van der Waals surface area (Å²) in [6, 6.07) is 2.74. The second-order valence-electron chi connectivity index (χ2n) is 10.9. The predicted molar refractivity (Wildman–Crippen MR) is 133 cm³/mol. The van der Waals surface area contributed by atoms with Gasteiger partial charge < -0.3 is 15.4 Å². The van der Waals surface area contributed by atoms with Crippen LogP contribution in [-0.2, 0) is 21.4 Å². The minimum absolute atomic E-state index is 0.0683. The van der Waals surface area contributed by atoms with Gasteiger partial charge in [0.2, 0.25) is 11.8 Å². The third-order valence-corrected chi connectivity index (χ3v) is 8.04. The van der Waals surface area contributed by atoms with Crippen LogP contribution in [0, 0.1) is 11.7 Å². The fourth-order valence-electron chi connectivity index (χ4n) is 6.04.